The number of hydrogen-bond donors (Lipinski definition) is 1. The minimum Gasteiger partial charge on any atom is -0.494 e. The molecule has 1 fully saturated rings. The molecule has 0 aliphatic carbocycles. The maximum absolute atomic E-state index is 11.3. The summed E-state index contributed by atoms with van der Waals surface area (Å²) >= 11 is 0. The Labute approximate surface area is 94.5 Å². The highest BCUT2D eigenvalue weighted by molar-refractivity contribution is 5.97. The Hall–Kier alpha value is -1.97. The van der Waals surface area contributed by atoms with Gasteiger partial charge in [0.25, 0.3) is 5.91 Å². The molecule has 0 aromatic heterocycles. The molecule has 1 amide bonds. The first kappa shape index (κ1) is 10.5. The number of carbonyl (C=O) groups excluding carboxylic acids is 1. The first-order chi connectivity index (χ1) is 7.70. The molecule has 16 heavy (non-hydrogen) atoms. The van der Waals surface area contributed by atoms with Crippen molar-refractivity contribution in [3.05, 3.63) is 36.4 Å². The van der Waals surface area contributed by atoms with Gasteiger partial charge in [0, 0.05) is 11.6 Å². The van der Waals surface area contributed by atoms with Crippen molar-refractivity contribution in [1.82, 2.24) is 5.43 Å². The van der Waals surface area contributed by atoms with Crippen LogP contribution >= 0.6 is 0 Å². The van der Waals surface area contributed by atoms with Crippen LogP contribution < -0.4 is 15.2 Å². The van der Waals surface area contributed by atoms with Gasteiger partial charge in [-0.2, -0.15) is 0 Å². The highest BCUT2D eigenvalue weighted by Crippen LogP contribution is 2.22. The minimum atomic E-state index is -0.123. The molecule has 4 heteroatoms. The van der Waals surface area contributed by atoms with Crippen molar-refractivity contribution >= 4 is 11.6 Å². The number of nitrogens with one attached hydrogen (secondary N) is 1. The maximum atomic E-state index is 11.3. The van der Waals surface area contributed by atoms with Crippen LogP contribution in [0, 0.1) is 0 Å². The molecule has 0 saturated carbocycles. The maximum Gasteiger partial charge on any atom is 0.267 e. The van der Waals surface area contributed by atoms with E-state index in [0.717, 1.165) is 11.4 Å². The number of nitrogens with zero attached hydrogens (tertiary/aromatic N) is 1. The zero-order valence-electron chi connectivity index (χ0n) is 9.19. The summed E-state index contributed by atoms with van der Waals surface area (Å²) in [4.78, 5) is 11.3. The third-order valence-electron chi connectivity index (χ3n) is 2.35. The van der Waals surface area contributed by atoms with Crippen LogP contribution in [0.1, 0.15) is 6.92 Å². The number of ether oxygens (including phenoxy) is 1. The molecule has 1 aromatic carbocycles. The summed E-state index contributed by atoms with van der Waals surface area (Å²) in [5, 5.41) is 1.76. The molecule has 84 valence electrons. The Morgan fingerprint density at radius 1 is 1.56 bits per heavy atom. The number of anilines is 1. The summed E-state index contributed by atoms with van der Waals surface area (Å²) < 4.78 is 5.40. The Morgan fingerprint density at radius 2 is 2.38 bits per heavy atom. The van der Waals surface area contributed by atoms with Gasteiger partial charge >= 0.3 is 0 Å². The molecular weight excluding hydrogens is 204 g/mol. The standard InChI is InChI=1S/C12H14N2O2/c1-3-16-11-6-4-5-10(7-11)14-8-9(2)12(15)13-14/h4-7H,2-3,8H2,1H3,(H,13,15). The lowest BCUT2D eigenvalue weighted by Gasteiger charge is -2.17. The molecule has 0 atom stereocenters. The summed E-state index contributed by atoms with van der Waals surface area (Å²) in [6.07, 6.45) is 0. The molecule has 1 aliphatic rings. The monoisotopic (exact) mass is 218 g/mol. The summed E-state index contributed by atoms with van der Waals surface area (Å²) in [5.74, 6) is 0.675. The number of hydrazine groups is 1. The third-order valence-corrected chi connectivity index (χ3v) is 2.35. The van der Waals surface area contributed by atoms with Gasteiger partial charge in [-0.15, -0.1) is 0 Å². The molecule has 0 radical (unpaired) electrons. The summed E-state index contributed by atoms with van der Waals surface area (Å²) in [6, 6.07) is 7.59. The zero-order chi connectivity index (χ0) is 11.5. The van der Waals surface area contributed by atoms with Crippen molar-refractivity contribution in [3.8, 4) is 5.75 Å². The van der Waals surface area contributed by atoms with E-state index in [0.29, 0.717) is 18.7 Å². The van der Waals surface area contributed by atoms with E-state index in [2.05, 4.69) is 12.0 Å². The predicted molar refractivity (Wildman–Crippen MR) is 62.2 cm³/mol. The van der Waals surface area contributed by atoms with E-state index >= 15 is 0 Å². The summed E-state index contributed by atoms with van der Waals surface area (Å²) in [5.41, 5.74) is 4.20. The fourth-order valence-corrected chi connectivity index (χ4v) is 1.57. The Kier molecular flexibility index (Phi) is 2.81. The van der Waals surface area contributed by atoms with E-state index in [1.807, 2.05) is 31.2 Å². The van der Waals surface area contributed by atoms with Crippen molar-refractivity contribution in [2.24, 2.45) is 0 Å². The highest BCUT2D eigenvalue weighted by Gasteiger charge is 2.22. The van der Waals surface area contributed by atoms with Crippen molar-refractivity contribution in [2.45, 2.75) is 6.92 Å². The van der Waals surface area contributed by atoms with Gasteiger partial charge in [-0.25, -0.2) is 0 Å². The first-order valence-corrected chi connectivity index (χ1v) is 5.20. The second-order valence-electron chi connectivity index (χ2n) is 3.56. The van der Waals surface area contributed by atoms with Crippen LogP contribution in [0.5, 0.6) is 5.75 Å². The predicted octanol–water partition coefficient (Wildman–Crippen LogP) is 1.49. The van der Waals surface area contributed by atoms with Crippen LogP contribution in [-0.2, 0) is 4.79 Å². The third kappa shape index (κ3) is 2.00. The molecule has 1 heterocycles. The van der Waals surface area contributed by atoms with Gasteiger partial charge in [0.1, 0.15) is 5.75 Å². The highest BCUT2D eigenvalue weighted by atomic mass is 16.5. The van der Waals surface area contributed by atoms with Crippen LogP contribution in [0.2, 0.25) is 0 Å². The number of benzene rings is 1. The lowest BCUT2D eigenvalue weighted by Crippen LogP contribution is -2.32. The fourth-order valence-electron chi connectivity index (χ4n) is 1.57. The van der Waals surface area contributed by atoms with Gasteiger partial charge in [0.2, 0.25) is 0 Å². The number of carbonyl (C=O) groups is 1. The molecule has 1 saturated heterocycles. The summed E-state index contributed by atoms with van der Waals surface area (Å²) in [6.45, 7) is 6.76. The van der Waals surface area contributed by atoms with Crippen molar-refractivity contribution in [3.63, 3.8) is 0 Å². The average molecular weight is 218 g/mol. The Balaban J connectivity index is 2.18. The number of rotatable bonds is 3. The van der Waals surface area contributed by atoms with Gasteiger partial charge in [-0.3, -0.25) is 15.2 Å². The van der Waals surface area contributed by atoms with Crippen molar-refractivity contribution in [1.29, 1.82) is 0 Å². The van der Waals surface area contributed by atoms with E-state index in [9.17, 15) is 4.79 Å². The smallest absolute Gasteiger partial charge is 0.267 e. The van der Waals surface area contributed by atoms with Gasteiger partial charge in [0.05, 0.1) is 18.8 Å². The largest absolute Gasteiger partial charge is 0.494 e. The van der Waals surface area contributed by atoms with Crippen LogP contribution in [0.4, 0.5) is 5.69 Å². The normalized spacial score (nSPS) is 15.2. The van der Waals surface area contributed by atoms with Gasteiger partial charge in [-0.05, 0) is 19.1 Å². The molecule has 2 rings (SSSR count). The van der Waals surface area contributed by atoms with Crippen molar-refractivity contribution < 1.29 is 9.53 Å². The van der Waals surface area contributed by atoms with E-state index < -0.39 is 0 Å². The van der Waals surface area contributed by atoms with E-state index in [1.165, 1.54) is 0 Å². The van der Waals surface area contributed by atoms with Crippen LogP contribution in [0.3, 0.4) is 0 Å². The molecular formula is C12H14N2O2. The Morgan fingerprint density at radius 3 is 3.00 bits per heavy atom. The minimum absolute atomic E-state index is 0.123. The molecule has 1 N–H and O–H groups in total. The molecule has 0 bridgehead atoms. The molecule has 1 aliphatic heterocycles. The van der Waals surface area contributed by atoms with E-state index in [4.69, 9.17) is 4.74 Å². The average Bonchev–Trinajstić information content (AvgIpc) is 2.60. The first-order valence-electron chi connectivity index (χ1n) is 5.20. The quantitative estimate of drug-likeness (QED) is 0.781. The topological polar surface area (TPSA) is 41.6 Å². The Bertz CT molecular complexity index is 413. The van der Waals surface area contributed by atoms with E-state index in [1.54, 1.807) is 5.01 Å². The van der Waals surface area contributed by atoms with Crippen molar-refractivity contribution in [2.75, 3.05) is 18.2 Å². The van der Waals surface area contributed by atoms with Crippen LogP contribution in [0.25, 0.3) is 0 Å². The second kappa shape index (κ2) is 4.26. The SMILES string of the molecule is C=C1CN(c2cccc(OCC)c2)NC1=O. The molecule has 0 spiro atoms. The van der Waals surface area contributed by atoms with Gasteiger partial charge < -0.3 is 4.74 Å². The number of amides is 1. The lowest BCUT2D eigenvalue weighted by atomic mass is 10.2. The number of hydrogen-bond acceptors (Lipinski definition) is 3. The zero-order valence-corrected chi connectivity index (χ0v) is 9.19. The second-order valence-corrected chi connectivity index (χ2v) is 3.56. The summed E-state index contributed by atoms with van der Waals surface area (Å²) in [7, 11) is 0. The van der Waals surface area contributed by atoms with E-state index in [-0.39, 0.29) is 5.91 Å². The van der Waals surface area contributed by atoms with Crippen LogP contribution in [-0.4, -0.2) is 19.1 Å². The molecule has 0 unspecified atom stereocenters. The van der Waals surface area contributed by atoms with Gasteiger partial charge in [-0.1, -0.05) is 12.6 Å². The fraction of sp³-hybridized carbons (Fsp3) is 0.250. The molecule has 4 nitrogen and oxygen atoms in total. The van der Waals surface area contributed by atoms with Gasteiger partial charge in [0.15, 0.2) is 0 Å². The molecule has 1 aromatic rings. The van der Waals surface area contributed by atoms with Crippen LogP contribution in [0.15, 0.2) is 36.4 Å². The lowest BCUT2D eigenvalue weighted by molar-refractivity contribution is -0.116.